The zero-order valence-corrected chi connectivity index (χ0v) is 17.1. The Labute approximate surface area is 178 Å². The van der Waals surface area contributed by atoms with Gasteiger partial charge in [0, 0.05) is 17.3 Å². The van der Waals surface area contributed by atoms with Crippen molar-refractivity contribution in [2.45, 2.75) is 31.6 Å². The summed E-state index contributed by atoms with van der Waals surface area (Å²) in [6.45, 7) is 0. The molecular weight excluding hydrogens is 397 g/mol. The second kappa shape index (κ2) is 7.95. The Bertz CT molecular complexity index is 1280. The smallest absolute Gasteiger partial charge is 0.374 e. The van der Waals surface area contributed by atoms with Crippen LogP contribution < -0.4 is 15.4 Å². The standard InChI is InChI=1S/C25H22FNO4/c1-29-25(28)21-12-13-22(31-21)30-20-11-8-16(14-15-6-9-17(26)10-7-15)23-18-4-2-3-5-19(18)27-24(20)23/h5-13,16,27H,2-4,14H2,1H3. The number of methoxy groups -OCH3 is 1. The molecule has 0 fully saturated rings. The molecule has 0 bridgehead atoms. The van der Waals surface area contributed by atoms with Crippen molar-refractivity contribution < 1.29 is 23.1 Å². The van der Waals surface area contributed by atoms with Crippen LogP contribution in [0.5, 0.6) is 5.95 Å². The highest BCUT2D eigenvalue weighted by molar-refractivity contribution is 5.86. The normalized spacial score (nSPS) is 17.0. The van der Waals surface area contributed by atoms with Crippen molar-refractivity contribution in [2.24, 2.45) is 0 Å². The number of aromatic nitrogens is 1. The number of allylic oxidation sites excluding steroid dienone is 1. The number of fused-ring (bicyclic) bond motifs is 3. The molecule has 5 nitrogen and oxygen atoms in total. The van der Waals surface area contributed by atoms with Crippen LogP contribution in [0.3, 0.4) is 0 Å². The minimum absolute atomic E-state index is 0.0893. The lowest BCUT2D eigenvalue weighted by atomic mass is 9.85. The number of furan rings is 1. The Morgan fingerprint density at radius 2 is 2.06 bits per heavy atom. The van der Waals surface area contributed by atoms with E-state index in [4.69, 9.17) is 9.15 Å². The van der Waals surface area contributed by atoms with Gasteiger partial charge in [0.25, 0.3) is 5.95 Å². The Balaban J connectivity index is 1.54. The molecule has 0 radical (unpaired) electrons. The average Bonchev–Trinajstić information content (AvgIpc) is 3.41. The number of H-pyrrole nitrogens is 1. The molecule has 0 saturated heterocycles. The van der Waals surface area contributed by atoms with Gasteiger partial charge in [0.15, 0.2) is 5.76 Å². The lowest BCUT2D eigenvalue weighted by molar-refractivity contribution is 0.0560. The molecule has 1 unspecified atom stereocenters. The third-order valence-electron chi connectivity index (χ3n) is 5.80. The summed E-state index contributed by atoms with van der Waals surface area (Å²) in [5.74, 6) is 0.321. The van der Waals surface area contributed by atoms with Crippen LogP contribution in [-0.4, -0.2) is 18.1 Å². The zero-order chi connectivity index (χ0) is 21.4. The van der Waals surface area contributed by atoms with E-state index in [0.717, 1.165) is 41.9 Å². The first kappa shape index (κ1) is 19.4. The van der Waals surface area contributed by atoms with Crippen LogP contribution in [0.15, 0.2) is 53.0 Å². The molecule has 3 aromatic rings. The van der Waals surface area contributed by atoms with Crippen molar-refractivity contribution in [3.05, 3.63) is 87.5 Å². The van der Waals surface area contributed by atoms with E-state index >= 15 is 0 Å². The number of carbonyl (C=O) groups excluding carboxylic acids is 1. The topological polar surface area (TPSA) is 64.5 Å². The molecule has 2 heterocycles. The molecule has 2 aromatic heterocycles. The first-order valence-electron chi connectivity index (χ1n) is 10.4. The maximum atomic E-state index is 13.3. The van der Waals surface area contributed by atoms with E-state index in [1.54, 1.807) is 6.07 Å². The van der Waals surface area contributed by atoms with Gasteiger partial charge in [-0.05, 0) is 66.6 Å². The van der Waals surface area contributed by atoms with Crippen LogP contribution >= 0.6 is 0 Å². The van der Waals surface area contributed by atoms with Gasteiger partial charge in [-0.1, -0.05) is 24.3 Å². The summed E-state index contributed by atoms with van der Waals surface area (Å²) >= 11 is 0. The molecule has 1 atom stereocenters. The molecule has 6 heteroatoms. The van der Waals surface area contributed by atoms with Crippen LogP contribution in [0, 0.1) is 5.82 Å². The third-order valence-corrected chi connectivity index (χ3v) is 5.80. The zero-order valence-electron chi connectivity index (χ0n) is 17.1. The van der Waals surface area contributed by atoms with E-state index in [-0.39, 0.29) is 23.4 Å². The number of hydrogen-bond donors (Lipinski definition) is 1. The largest absolute Gasteiger partial charge is 0.463 e. The summed E-state index contributed by atoms with van der Waals surface area (Å²) in [5, 5.41) is 2.06. The maximum Gasteiger partial charge on any atom is 0.374 e. The van der Waals surface area contributed by atoms with Gasteiger partial charge in [0.2, 0.25) is 5.76 Å². The Morgan fingerprint density at radius 1 is 1.23 bits per heavy atom. The predicted octanol–water partition coefficient (Wildman–Crippen LogP) is 3.73. The van der Waals surface area contributed by atoms with E-state index < -0.39 is 5.97 Å². The number of nitrogens with one attached hydrogen (secondary N) is 1. The van der Waals surface area contributed by atoms with Crippen molar-refractivity contribution in [1.82, 2.24) is 4.98 Å². The van der Waals surface area contributed by atoms with Gasteiger partial charge in [-0.15, -0.1) is 0 Å². The Hall–Kier alpha value is -3.54. The van der Waals surface area contributed by atoms with Crippen molar-refractivity contribution in [3.63, 3.8) is 0 Å². The van der Waals surface area contributed by atoms with Crippen molar-refractivity contribution in [2.75, 3.05) is 7.11 Å². The van der Waals surface area contributed by atoms with Gasteiger partial charge in [-0.2, -0.15) is 0 Å². The number of esters is 1. The fraction of sp³-hybridized carbons (Fsp3) is 0.240. The quantitative estimate of drug-likeness (QED) is 0.640. The van der Waals surface area contributed by atoms with Crippen LogP contribution in [-0.2, 0) is 17.6 Å². The highest BCUT2D eigenvalue weighted by Crippen LogP contribution is 2.29. The number of carbonyl (C=O) groups is 1. The molecule has 31 heavy (non-hydrogen) atoms. The van der Waals surface area contributed by atoms with E-state index in [9.17, 15) is 9.18 Å². The summed E-state index contributed by atoms with van der Waals surface area (Å²) in [4.78, 5) is 15.2. The summed E-state index contributed by atoms with van der Waals surface area (Å²) in [6.07, 6.45) is 10.2. The van der Waals surface area contributed by atoms with Crippen molar-refractivity contribution in [3.8, 4) is 5.95 Å². The van der Waals surface area contributed by atoms with Gasteiger partial charge >= 0.3 is 5.97 Å². The minimum atomic E-state index is -0.552. The van der Waals surface area contributed by atoms with Crippen LogP contribution in [0.2, 0.25) is 0 Å². The number of ether oxygens (including phenoxy) is 2. The SMILES string of the molecule is COC(=O)c1ccc(OC2=c3[nH]c4c(c3C(Cc3ccc(F)cc3)C=C2)CCCC=4)o1. The lowest BCUT2D eigenvalue weighted by Crippen LogP contribution is -2.23. The van der Waals surface area contributed by atoms with Crippen molar-refractivity contribution in [1.29, 1.82) is 0 Å². The fourth-order valence-electron chi connectivity index (χ4n) is 4.35. The molecule has 158 valence electrons. The molecule has 0 saturated carbocycles. The number of rotatable bonds is 5. The first-order chi connectivity index (χ1) is 15.1. The molecule has 1 N–H and O–H groups in total. The van der Waals surface area contributed by atoms with Gasteiger partial charge in [0.05, 0.1) is 12.5 Å². The Kier molecular flexibility index (Phi) is 4.98. The number of benzene rings is 1. The average molecular weight is 419 g/mol. The van der Waals surface area contributed by atoms with Crippen LogP contribution in [0.25, 0.3) is 11.8 Å². The van der Waals surface area contributed by atoms with Gasteiger partial charge < -0.3 is 18.9 Å². The van der Waals surface area contributed by atoms with Crippen molar-refractivity contribution >= 4 is 17.8 Å². The molecular formula is C25H22FNO4. The maximum absolute atomic E-state index is 13.3. The highest BCUT2D eigenvalue weighted by atomic mass is 19.1. The molecule has 0 amide bonds. The second-order valence-electron chi connectivity index (χ2n) is 7.78. The lowest BCUT2D eigenvalue weighted by Gasteiger charge is -2.19. The molecule has 1 aromatic carbocycles. The molecule has 2 aliphatic rings. The molecule has 0 aliphatic heterocycles. The second-order valence-corrected chi connectivity index (χ2v) is 7.78. The molecule has 0 spiro atoms. The monoisotopic (exact) mass is 419 g/mol. The van der Waals surface area contributed by atoms with Gasteiger partial charge in [-0.25, -0.2) is 9.18 Å². The summed E-state index contributed by atoms with van der Waals surface area (Å²) in [6, 6.07) is 9.80. The number of hydrogen-bond acceptors (Lipinski definition) is 4. The van der Waals surface area contributed by atoms with Crippen LogP contribution in [0.1, 0.15) is 46.0 Å². The Morgan fingerprint density at radius 3 is 2.87 bits per heavy atom. The number of halogens is 1. The van der Waals surface area contributed by atoms with Gasteiger partial charge in [0.1, 0.15) is 5.82 Å². The van der Waals surface area contributed by atoms with E-state index in [1.165, 1.54) is 36.4 Å². The van der Waals surface area contributed by atoms with E-state index in [1.807, 2.05) is 18.2 Å². The van der Waals surface area contributed by atoms with Gasteiger partial charge in [-0.3, -0.25) is 0 Å². The molecule has 2 aliphatic carbocycles. The molecule has 5 rings (SSSR count). The fourth-order valence-corrected chi connectivity index (χ4v) is 4.35. The summed E-state index contributed by atoms with van der Waals surface area (Å²) < 4.78 is 29.5. The van der Waals surface area contributed by atoms with Crippen LogP contribution in [0.4, 0.5) is 4.39 Å². The minimum Gasteiger partial charge on any atom is -0.463 e. The number of aromatic amines is 1. The summed E-state index contributed by atoms with van der Waals surface area (Å²) in [7, 11) is 1.30. The third kappa shape index (κ3) is 3.69. The van der Waals surface area contributed by atoms with E-state index in [0.29, 0.717) is 5.76 Å². The summed E-state index contributed by atoms with van der Waals surface area (Å²) in [5.41, 5.74) is 3.61. The predicted molar refractivity (Wildman–Crippen MR) is 114 cm³/mol. The first-order valence-corrected chi connectivity index (χ1v) is 10.4. The van der Waals surface area contributed by atoms with E-state index in [2.05, 4.69) is 21.9 Å². The highest BCUT2D eigenvalue weighted by Gasteiger charge is 2.25.